The highest BCUT2D eigenvalue weighted by Gasteiger charge is 2.18. The van der Waals surface area contributed by atoms with E-state index in [0.29, 0.717) is 29.2 Å². The zero-order chi connectivity index (χ0) is 16.0. The van der Waals surface area contributed by atoms with Gasteiger partial charge in [0.25, 0.3) is 0 Å². The van der Waals surface area contributed by atoms with E-state index in [1.165, 1.54) is 7.11 Å². The summed E-state index contributed by atoms with van der Waals surface area (Å²) >= 11 is 0. The molecule has 0 aromatic heterocycles. The molecule has 1 aromatic rings. The number of aliphatic hydroxyl groups is 3. The molecule has 5 heteroatoms. The molecule has 21 heavy (non-hydrogen) atoms. The molecule has 0 saturated carbocycles. The van der Waals surface area contributed by atoms with Crippen molar-refractivity contribution in [3.8, 4) is 11.5 Å². The third-order valence-corrected chi connectivity index (χ3v) is 3.97. The average Bonchev–Trinajstić information content (AvgIpc) is 2.51. The van der Waals surface area contributed by atoms with Crippen molar-refractivity contribution >= 4 is 0 Å². The first-order valence-electron chi connectivity index (χ1n) is 7.14. The van der Waals surface area contributed by atoms with Crippen LogP contribution in [0, 0.1) is 18.8 Å². The Morgan fingerprint density at radius 2 is 1.76 bits per heavy atom. The standard InChI is InChI=1S/C16H26O5/c1-10(6-17)11(2)9-21-15-5-13(7-18)14(8-19)16(20-4)12(15)3/h5,10-11,17-19H,6-9H2,1-4H3. The summed E-state index contributed by atoms with van der Waals surface area (Å²) in [7, 11) is 1.53. The van der Waals surface area contributed by atoms with Gasteiger partial charge in [-0.15, -0.1) is 0 Å². The Morgan fingerprint density at radius 3 is 2.24 bits per heavy atom. The van der Waals surface area contributed by atoms with E-state index in [-0.39, 0.29) is 31.7 Å². The Bertz CT molecular complexity index is 458. The summed E-state index contributed by atoms with van der Waals surface area (Å²) in [5.74, 6) is 1.53. The molecule has 0 saturated heterocycles. The highest BCUT2D eigenvalue weighted by atomic mass is 16.5. The zero-order valence-electron chi connectivity index (χ0n) is 13.2. The third kappa shape index (κ3) is 4.09. The molecule has 0 aliphatic rings. The van der Waals surface area contributed by atoms with Crippen LogP contribution < -0.4 is 9.47 Å². The van der Waals surface area contributed by atoms with Crippen LogP contribution in [0.1, 0.15) is 30.5 Å². The van der Waals surface area contributed by atoms with Gasteiger partial charge in [-0.3, -0.25) is 0 Å². The second-order valence-electron chi connectivity index (χ2n) is 5.44. The number of hydrogen-bond acceptors (Lipinski definition) is 5. The minimum atomic E-state index is -0.196. The fourth-order valence-corrected chi connectivity index (χ4v) is 2.14. The second-order valence-corrected chi connectivity index (χ2v) is 5.44. The number of ether oxygens (including phenoxy) is 2. The molecule has 0 radical (unpaired) electrons. The van der Waals surface area contributed by atoms with Gasteiger partial charge in [0.2, 0.25) is 0 Å². The van der Waals surface area contributed by atoms with E-state index >= 15 is 0 Å². The minimum Gasteiger partial charge on any atom is -0.496 e. The molecule has 0 aliphatic carbocycles. The first-order chi connectivity index (χ1) is 9.99. The van der Waals surface area contributed by atoms with E-state index in [1.807, 2.05) is 20.8 Å². The molecule has 0 heterocycles. The largest absolute Gasteiger partial charge is 0.496 e. The SMILES string of the molecule is COc1c(C)c(OCC(C)C(C)CO)cc(CO)c1CO. The summed E-state index contributed by atoms with van der Waals surface area (Å²) < 4.78 is 11.2. The predicted molar refractivity (Wildman–Crippen MR) is 80.5 cm³/mol. The Hall–Kier alpha value is -1.30. The van der Waals surface area contributed by atoms with Gasteiger partial charge < -0.3 is 24.8 Å². The van der Waals surface area contributed by atoms with Gasteiger partial charge in [-0.25, -0.2) is 0 Å². The van der Waals surface area contributed by atoms with Crippen LogP contribution in [0.15, 0.2) is 6.07 Å². The number of benzene rings is 1. The first-order valence-corrected chi connectivity index (χ1v) is 7.14. The predicted octanol–water partition coefficient (Wildman–Crippen LogP) is 1.63. The second kappa shape index (κ2) is 8.22. The molecule has 0 spiro atoms. The monoisotopic (exact) mass is 298 g/mol. The van der Waals surface area contributed by atoms with Crippen molar-refractivity contribution in [3.05, 3.63) is 22.8 Å². The summed E-state index contributed by atoms with van der Waals surface area (Å²) in [5, 5.41) is 28.0. The minimum absolute atomic E-state index is 0.123. The fraction of sp³-hybridized carbons (Fsp3) is 0.625. The molecule has 2 atom stereocenters. The molecule has 1 aromatic carbocycles. The smallest absolute Gasteiger partial charge is 0.131 e. The van der Waals surface area contributed by atoms with Gasteiger partial charge in [0.1, 0.15) is 11.5 Å². The lowest BCUT2D eigenvalue weighted by molar-refractivity contribution is 0.150. The Balaban J connectivity index is 3.02. The average molecular weight is 298 g/mol. The lowest BCUT2D eigenvalue weighted by Gasteiger charge is -2.21. The van der Waals surface area contributed by atoms with E-state index in [1.54, 1.807) is 6.07 Å². The normalized spacial score (nSPS) is 13.9. The first kappa shape index (κ1) is 17.8. The lowest BCUT2D eigenvalue weighted by atomic mass is 9.98. The molecule has 3 N–H and O–H groups in total. The maximum absolute atomic E-state index is 9.44. The summed E-state index contributed by atoms with van der Waals surface area (Å²) in [6.07, 6.45) is 0. The Kier molecular flexibility index (Phi) is 6.95. The molecule has 120 valence electrons. The maximum atomic E-state index is 9.44. The van der Waals surface area contributed by atoms with Gasteiger partial charge in [-0.2, -0.15) is 0 Å². The van der Waals surface area contributed by atoms with Gasteiger partial charge in [0.05, 0.1) is 26.9 Å². The van der Waals surface area contributed by atoms with Gasteiger partial charge >= 0.3 is 0 Å². The summed E-state index contributed by atoms with van der Waals surface area (Å²) in [4.78, 5) is 0. The number of rotatable bonds is 8. The van der Waals surface area contributed by atoms with Crippen molar-refractivity contribution in [2.75, 3.05) is 20.3 Å². The van der Waals surface area contributed by atoms with E-state index < -0.39 is 0 Å². The van der Waals surface area contributed by atoms with Crippen LogP contribution in [0.5, 0.6) is 11.5 Å². The van der Waals surface area contributed by atoms with Crippen molar-refractivity contribution < 1.29 is 24.8 Å². The topological polar surface area (TPSA) is 79.2 Å². The lowest BCUT2D eigenvalue weighted by Crippen LogP contribution is -2.19. The van der Waals surface area contributed by atoms with E-state index in [2.05, 4.69) is 0 Å². The van der Waals surface area contributed by atoms with Crippen LogP contribution in [-0.4, -0.2) is 35.6 Å². The summed E-state index contributed by atoms with van der Waals surface area (Å²) in [6, 6.07) is 1.74. The van der Waals surface area contributed by atoms with Crippen molar-refractivity contribution in [2.45, 2.75) is 34.0 Å². The van der Waals surface area contributed by atoms with E-state index in [0.717, 1.165) is 5.56 Å². The van der Waals surface area contributed by atoms with Gasteiger partial charge in [-0.1, -0.05) is 13.8 Å². The molecular weight excluding hydrogens is 272 g/mol. The maximum Gasteiger partial charge on any atom is 0.131 e. The molecule has 5 nitrogen and oxygen atoms in total. The van der Waals surface area contributed by atoms with Gasteiger partial charge in [0.15, 0.2) is 0 Å². The molecule has 0 fully saturated rings. The summed E-state index contributed by atoms with van der Waals surface area (Å²) in [5.41, 5.74) is 1.97. The van der Waals surface area contributed by atoms with Crippen LogP contribution in [-0.2, 0) is 13.2 Å². The highest BCUT2D eigenvalue weighted by molar-refractivity contribution is 5.53. The quantitative estimate of drug-likeness (QED) is 0.680. The molecule has 0 amide bonds. The van der Waals surface area contributed by atoms with Gasteiger partial charge in [-0.05, 0) is 30.4 Å². The molecule has 2 unspecified atom stereocenters. The van der Waals surface area contributed by atoms with Crippen molar-refractivity contribution in [1.82, 2.24) is 0 Å². The Labute approximate surface area is 126 Å². The van der Waals surface area contributed by atoms with Crippen LogP contribution in [0.3, 0.4) is 0 Å². The fourth-order valence-electron chi connectivity index (χ4n) is 2.14. The van der Waals surface area contributed by atoms with Crippen LogP contribution in [0.2, 0.25) is 0 Å². The van der Waals surface area contributed by atoms with Crippen molar-refractivity contribution in [2.24, 2.45) is 11.8 Å². The van der Waals surface area contributed by atoms with E-state index in [9.17, 15) is 10.2 Å². The van der Waals surface area contributed by atoms with Crippen LogP contribution >= 0.6 is 0 Å². The zero-order valence-corrected chi connectivity index (χ0v) is 13.2. The number of aliphatic hydroxyl groups excluding tert-OH is 3. The molecule has 1 rings (SSSR count). The molecule has 0 bridgehead atoms. The molecule has 0 aliphatic heterocycles. The summed E-state index contributed by atoms with van der Waals surface area (Å²) in [6.45, 7) is 6.05. The van der Waals surface area contributed by atoms with Crippen LogP contribution in [0.25, 0.3) is 0 Å². The third-order valence-electron chi connectivity index (χ3n) is 3.97. The highest BCUT2D eigenvalue weighted by Crippen LogP contribution is 2.35. The van der Waals surface area contributed by atoms with Gasteiger partial charge in [0, 0.05) is 17.7 Å². The van der Waals surface area contributed by atoms with Crippen LogP contribution in [0.4, 0.5) is 0 Å². The number of methoxy groups -OCH3 is 1. The van der Waals surface area contributed by atoms with Crippen molar-refractivity contribution in [3.63, 3.8) is 0 Å². The van der Waals surface area contributed by atoms with Crippen molar-refractivity contribution in [1.29, 1.82) is 0 Å². The molecular formula is C16H26O5. The number of hydrogen-bond donors (Lipinski definition) is 3. The Morgan fingerprint density at radius 1 is 1.10 bits per heavy atom. The van der Waals surface area contributed by atoms with E-state index in [4.69, 9.17) is 14.6 Å².